The Bertz CT molecular complexity index is 1300. The molecular weight excluding hydrogens is 462 g/mol. The van der Waals surface area contributed by atoms with Gasteiger partial charge in [0.1, 0.15) is 0 Å². The molecule has 1 fully saturated rings. The number of carbonyl (C=O) groups is 5. The molecule has 1 saturated heterocycles. The van der Waals surface area contributed by atoms with Gasteiger partial charge in [0.2, 0.25) is 17.5 Å². The lowest BCUT2D eigenvalue weighted by atomic mass is 9.95. The topological polar surface area (TPSA) is 113 Å². The van der Waals surface area contributed by atoms with Gasteiger partial charge in [-0.1, -0.05) is 26.0 Å². The normalized spacial score (nSPS) is 20.6. The molecule has 0 spiro atoms. The van der Waals surface area contributed by atoms with E-state index in [1.807, 2.05) is 13.8 Å². The molecule has 2 aromatic rings. The van der Waals surface area contributed by atoms with Crippen molar-refractivity contribution in [1.82, 2.24) is 4.90 Å². The smallest absolute Gasteiger partial charge is 0.354 e. The summed E-state index contributed by atoms with van der Waals surface area (Å²) in [5.74, 6) is -1.86. The zero-order valence-electron chi connectivity index (χ0n) is 20.2. The summed E-state index contributed by atoms with van der Waals surface area (Å²) in [4.78, 5) is 67.5. The van der Waals surface area contributed by atoms with Crippen molar-refractivity contribution in [2.24, 2.45) is 5.92 Å². The highest BCUT2D eigenvalue weighted by atomic mass is 16.5. The number of esters is 1. The molecule has 0 radical (unpaired) electrons. The third-order valence-corrected chi connectivity index (χ3v) is 6.91. The zero-order chi connectivity index (χ0) is 25.6. The third kappa shape index (κ3) is 3.75. The summed E-state index contributed by atoms with van der Waals surface area (Å²) in [5, 5.41) is 2.77. The number of aryl methyl sites for hydroxylation is 1. The van der Waals surface area contributed by atoms with Gasteiger partial charge in [-0.15, -0.1) is 0 Å². The van der Waals surface area contributed by atoms with E-state index in [1.165, 1.54) is 9.80 Å². The molecule has 2 aromatic carbocycles. The van der Waals surface area contributed by atoms with Gasteiger partial charge in [0.15, 0.2) is 12.4 Å². The summed E-state index contributed by atoms with van der Waals surface area (Å²) in [5.41, 5.74) is 0.975. The molecule has 3 aliphatic heterocycles. The van der Waals surface area contributed by atoms with Crippen LogP contribution in [-0.2, 0) is 25.5 Å². The molecule has 36 heavy (non-hydrogen) atoms. The number of anilines is 2. The van der Waals surface area contributed by atoms with E-state index < -0.39 is 24.0 Å². The molecule has 0 aromatic heterocycles. The Hall–Kier alpha value is -4.01. The van der Waals surface area contributed by atoms with Crippen molar-refractivity contribution in [3.63, 3.8) is 0 Å². The van der Waals surface area contributed by atoms with Crippen molar-refractivity contribution in [3.8, 4) is 0 Å². The van der Waals surface area contributed by atoms with E-state index in [-0.39, 0.29) is 43.0 Å². The fraction of sp³-hybridized carbons (Fsp3) is 0.370. The van der Waals surface area contributed by atoms with Crippen LogP contribution in [0.1, 0.15) is 59.4 Å². The molecular formula is C27H27N3O6. The number of hydrogen-bond acceptors (Lipinski definition) is 6. The maximum atomic E-state index is 13.7. The molecule has 1 N–H and O–H groups in total. The minimum absolute atomic E-state index is 0.0269. The van der Waals surface area contributed by atoms with Crippen molar-refractivity contribution in [1.29, 1.82) is 0 Å². The molecule has 1 unspecified atom stereocenters. The quantitative estimate of drug-likeness (QED) is 0.493. The number of ketones is 1. The van der Waals surface area contributed by atoms with E-state index in [9.17, 15) is 24.0 Å². The van der Waals surface area contributed by atoms with Crippen molar-refractivity contribution < 1.29 is 28.7 Å². The van der Waals surface area contributed by atoms with Crippen molar-refractivity contribution in [2.45, 2.75) is 45.2 Å². The van der Waals surface area contributed by atoms with E-state index in [4.69, 9.17) is 4.74 Å². The van der Waals surface area contributed by atoms with Crippen LogP contribution in [0.4, 0.5) is 11.4 Å². The largest absolute Gasteiger partial charge is 0.454 e. The number of nitrogens with zero attached hydrogens (tertiary/aromatic N) is 2. The molecule has 0 saturated carbocycles. The molecule has 1 atom stereocenters. The zero-order valence-corrected chi connectivity index (χ0v) is 20.2. The van der Waals surface area contributed by atoms with Crippen LogP contribution in [0, 0.1) is 5.92 Å². The first-order valence-corrected chi connectivity index (χ1v) is 12.1. The lowest BCUT2D eigenvalue weighted by molar-refractivity contribution is -0.156. The summed E-state index contributed by atoms with van der Waals surface area (Å²) >= 11 is 0. The Morgan fingerprint density at radius 3 is 2.61 bits per heavy atom. The molecule has 3 heterocycles. The Labute approximate surface area is 208 Å². The summed E-state index contributed by atoms with van der Waals surface area (Å²) in [6.07, 6.45) is 1.03. The number of para-hydroxylation sites is 1. The van der Waals surface area contributed by atoms with Crippen LogP contribution in [-0.4, -0.2) is 53.2 Å². The molecule has 5 rings (SSSR count). The number of amides is 3. The van der Waals surface area contributed by atoms with E-state index in [2.05, 4.69) is 5.32 Å². The number of ether oxygens (including phenoxy) is 1. The maximum Gasteiger partial charge on any atom is 0.354 e. The number of nitrogens with one attached hydrogen (secondary N) is 1. The number of fused-ring (bicyclic) bond motifs is 4. The second-order valence-electron chi connectivity index (χ2n) is 9.79. The first kappa shape index (κ1) is 23.7. The summed E-state index contributed by atoms with van der Waals surface area (Å²) < 4.78 is 5.54. The van der Waals surface area contributed by atoms with Gasteiger partial charge in [-0.3, -0.25) is 24.1 Å². The van der Waals surface area contributed by atoms with Crippen molar-refractivity contribution in [2.75, 3.05) is 23.4 Å². The fourth-order valence-corrected chi connectivity index (χ4v) is 5.25. The summed E-state index contributed by atoms with van der Waals surface area (Å²) in [7, 11) is 0. The number of hydrogen-bond donors (Lipinski definition) is 1. The van der Waals surface area contributed by atoms with Crippen LogP contribution in [0.15, 0.2) is 42.5 Å². The van der Waals surface area contributed by atoms with Gasteiger partial charge in [-0.05, 0) is 48.2 Å². The van der Waals surface area contributed by atoms with Crippen molar-refractivity contribution in [3.05, 3.63) is 59.2 Å². The van der Waals surface area contributed by atoms with E-state index >= 15 is 0 Å². The van der Waals surface area contributed by atoms with Gasteiger partial charge in [0.05, 0.1) is 11.3 Å². The lowest BCUT2D eigenvalue weighted by Crippen LogP contribution is -2.69. The average molecular weight is 490 g/mol. The lowest BCUT2D eigenvalue weighted by Gasteiger charge is -2.48. The van der Waals surface area contributed by atoms with Gasteiger partial charge >= 0.3 is 5.97 Å². The molecule has 9 heteroatoms. The van der Waals surface area contributed by atoms with Crippen LogP contribution in [0.25, 0.3) is 0 Å². The molecule has 3 amide bonds. The van der Waals surface area contributed by atoms with E-state index in [0.717, 1.165) is 5.56 Å². The highest BCUT2D eigenvalue weighted by Crippen LogP contribution is 2.45. The predicted molar refractivity (Wildman–Crippen MR) is 130 cm³/mol. The number of rotatable bonds is 6. The van der Waals surface area contributed by atoms with Gasteiger partial charge in [0, 0.05) is 37.1 Å². The number of benzene rings is 2. The summed E-state index contributed by atoms with van der Waals surface area (Å²) in [6.45, 7) is 3.57. The van der Waals surface area contributed by atoms with Crippen LogP contribution in [0.3, 0.4) is 0 Å². The van der Waals surface area contributed by atoms with E-state index in [0.29, 0.717) is 35.3 Å². The van der Waals surface area contributed by atoms with Crippen LogP contribution in [0.5, 0.6) is 0 Å². The molecule has 9 nitrogen and oxygen atoms in total. The first-order valence-electron chi connectivity index (χ1n) is 12.1. The monoisotopic (exact) mass is 489 g/mol. The Morgan fingerprint density at radius 1 is 1.06 bits per heavy atom. The van der Waals surface area contributed by atoms with Crippen molar-refractivity contribution >= 4 is 40.8 Å². The van der Waals surface area contributed by atoms with Gasteiger partial charge < -0.3 is 15.0 Å². The molecule has 3 aliphatic rings. The second kappa shape index (κ2) is 8.89. The molecule has 186 valence electrons. The second-order valence-corrected chi connectivity index (χ2v) is 9.79. The van der Waals surface area contributed by atoms with Gasteiger partial charge in [0.25, 0.3) is 5.91 Å². The molecule has 0 aliphatic carbocycles. The van der Waals surface area contributed by atoms with Gasteiger partial charge in [-0.2, -0.15) is 0 Å². The Kier molecular flexibility index (Phi) is 5.86. The van der Waals surface area contributed by atoms with Gasteiger partial charge in [-0.25, -0.2) is 4.79 Å². The average Bonchev–Trinajstić information content (AvgIpc) is 3.22. The Balaban J connectivity index is 1.43. The third-order valence-electron chi connectivity index (χ3n) is 6.91. The highest BCUT2D eigenvalue weighted by molar-refractivity contribution is 6.15. The standard InChI is InChI=1S/C27H27N3O6/c1-16(2)14-29-25(34)19-5-3-4-6-21(19)30-24(33)11-12-27(29,30)26(35)36-15-22(31)18-7-9-20-17(13-18)8-10-23(32)28-20/h3-7,9,13,16H,8,10-12,14-15H2,1-2H3,(H,28,32). The maximum absolute atomic E-state index is 13.7. The SMILES string of the molecule is CC(C)CN1C(=O)c2ccccc2N2C(=O)CCC12C(=O)OCC(=O)c1ccc2c(c1)CCC(=O)N2. The number of Topliss-reactive ketones (excluding diaryl/α,β-unsaturated/α-hetero) is 1. The minimum Gasteiger partial charge on any atom is -0.454 e. The predicted octanol–water partition coefficient (Wildman–Crippen LogP) is 2.93. The minimum atomic E-state index is -1.63. The first-order chi connectivity index (χ1) is 17.2. The van der Waals surface area contributed by atoms with Crippen LogP contribution in [0.2, 0.25) is 0 Å². The summed E-state index contributed by atoms with van der Waals surface area (Å²) in [6, 6.07) is 11.7. The number of carbonyl (C=O) groups excluding carboxylic acids is 5. The molecule has 0 bridgehead atoms. The van der Waals surface area contributed by atoms with E-state index in [1.54, 1.807) is 42.5 Å². The fourth-order valence-electron chi connectivity index (χ4n) is 5.25. The highest BCUT2D eigenvalue weighted by Gasteiger charge is 2.62. The van der Waals surface area contributed by atoms with Crippen LogP contribution >= 0.6 is 0 Å². The van der Waals surface area contributed by atoms with Crippen LogP contribution < -0.4 is 10.2 Å². The Morgan fingerprint density at radius 2 is 1.83 bits per heavy atom.